The van der Waals surface area contributed by atoms with Crippen molar-refractivity contribution in [3.8, 4) is 5.75 Å². The van der Waals surface area contributed by atoms with Crippen LogP contribution in [0.2, 0.25) is 10.0 Å². The molecule has 35 heavy (non-hydrogen) atoms. The Labute approximate surface area is 212 Å². The predicted octanol–water partition coefficient (Wildman–Crippen LogP) is 5.38. The number of nitrogens with zero attached hydrogens (tertiary/aromatic N) is 1. The van der Waals surface area contributed by atoms with Crippen LogP contribution in [0.1, 0.15) is 17.3 Å². The van der Waals surface area contributed by atoms with E-state index in [1.165, 1.54) is 22.5 Å². The molecule has 3 aromatic rings. The molecule has 0 spiro atoms. The van der Waals surface area contributed by atoms with Crippen molar-refractivity contribution in [2.24, 2.45) is 0 Å². The van der Waals surface area contributed by atoms with E-state index in [1.807, 2.05) is 6.92 Å². The van der Waals surface area contributed by atoms with Crippen molar-refractivity contribution >= 4 is 50.5 Å². The maximum absolute atomic E-state index is 13.5. The summed E-state index contributed by atoms with van der Waals surface area (Å²) in [5.41, 5.74) is 0.610. The lowest BCUT2D eigenvalue weighted by atomic mass is 10.1. The van der Waals surface area contributed by atoms with Crippen molar-refractivity contribution in [1.82, 2.24) is 0 Å². The zero-order valence-electron chi connectivity index (χ0n) is 18.5. The number of hydrogen-bond donors (Lipinski definition) is 1. The zero-order valence-corrected chi connectivity index (χ0v) is 20.8. The standard InChI is InChI=1S/C24H21Cl2FN2O5S/c1-2-33-14-17-13-29(35(31,32)18-9-6-15(27)7-10-18)21-12-16(8-11-22(21)34-17)28-24(30)23-19(25)4-3-5-20(23)26/h3-12,17H,2,13-14H2,1H3,(H,28,30). The molecule has 4 rings (SSSR count). The molecule has 0 aliphatic carbocycles. The van der Waals surface area contributed by atoms with E-state index in [-0.39, 0.29) is 39.3 Å². The number of carbonyl (C=O) groups excluding carboxylic acids is 1. The third-order valence-electron chi connectivity index (χ3n) is 5.25. The zero-order chi connectivity index (χ0) is 25.2. The topological polar surface area (TPSA) is 84.9 Å². The molecule has 184 valence electrons. The number of fused-ring (bicyclic) bond motifs is 1. The van der Waals surface area contributed by atoms with Gasteiger partial charge in [0.2, 0.25) is 0 Å². The van der Waals surface area contributed by atoms with Gasteiger partial charge in [0.25, 0.3) is 15.9 Å². The van der Waals surface area contributed by atoms with Gasteiger partial charge in [-0.25, -0.2) is 12.8 Å². The Hall–Kier alpha value is -2.85. The number of sulfonamides is 1. The highest BCUT2D eigenvalue weighted by atomic mass is 35.5. The fourth-order valence-electron chi connectivity index (χ4n) is 3.60. The number of rotatable bonds is 7. The highest BCUT2D eigenvalue weighted by Crippen LogP contribution is 2.39. The quantitative estimate of drug-likeness (QED) is 0.436. The van der Waals surface area contributed by atoms with Gasteiger partial charge in [0.1, 0.15) is 17.7 Å². The molecule has 1 aliphatic rings. The molecule has 1 heterocycles. The summed E-state index contributed by atoms with van der Waals surface area (Å²) < 4.78 is 53.0. The number of nitrogens with one attached hydrogen (secondary N) is 1. The van der Waals surface area contributed by atoms with E-state index in [1.54, 1.807) is 30.3 Å². The lowest BCUT2D eigenvalue weighted by molar-refractivity contribution is 0.0577. The fraction of sp³-hybridized carbons (Fsp3) is 0.208. The SMILES string of the molecule is CCOCC1CN(S(=O)(=O)c2ccc(F)cc2)c2cc(NC(=O)c3c(Cl)cccc3Cl)ccc2O1. The predicted molar refractivity (Wildman–Crippen MR) is 133 cm³/mol. The van der Waals surface area contributed by atoms with Gasteiger partial charge in [0, 0.05) is 12.3 Å². The molecule has 1 aliphatic heterocycles. The number of amides is 1. The Kier molecular flexibility index (Phi) is 7.51. The minimum absolute atomic E-state index is 0.0412. The summed E-state index contributed by atoms with van der Waals surface area (Å²) in [6, 6.07) is 13.9. The minimum atomic E-state index is -4.08. The van der Waals surface area contributed by atoms with E-state index in [0.29, 0.717) is 18.0 Å². The average Bonchev–Trinajstić information content (AvgIpc) is 2.82. The van der Waals surface area contributed by atoms with Gasteiger partial charge in [-0.1, -0.05) is 29.3 Å². The first-order chi connectivity index (χ1) is 16.7. The van der Waals surface area contributed by atoms with Crippen LogP contribution in [0.25, 0.3) is 0 Å². The Morgan fingerprint density at radius 3 is 2.49 bits per heavy atom. The van der Waals surface area contributed by atoms with Crippen LogP contribution >= 0.6 is 23.2 Å². The molecular weight excluding hydrogens is 518 g/mol. The van der Waals surface area contributed by atoms with E-state index in [2.05, 4.69) is 5.32 Å². The van der Waals surface area contributed by atoms with Crippen LogP contribution in [0.4, 0.5) is 15.8 Å². The molecule has 11 heteroatoms. The van der Waals surface area contributed by atoms with Gasteiger partial charge in [-0.15, -0.1) is 0 Å². The maximum Gasteiger partial charge on any atom is 0.264 e. The summed E-state index contributed by atoms with van der Waals surface area (Å²) in [5.74, 6) is -0.816. The summed E-state index contributed by atoms with van der Waals surface area (Å²) in [5, 5.41) is 3.05. The molecule has 0 saturated heterocycles. The van der Waals surface area contributed by atoms with E-state index < -0.39 is 27.9 Å². The van der Waals surface area contributed by atoms with Crippen molar-refractivity contribution in [2.45, 2.75) is 17.9 Å². The van der Waals surface area contributed by atoms with Gasteiger partial charge < -0.3 is 14.8 Å². The normalized spacial score (nSPS) is 15.3. The van der Waals surface area contributed by atoms with Gasteiger partial charge in [-0.2, -0.15) is 0 Å². The summed E-state index contributed by atoms with van der Waals surface area (Å²) in [4.78, 5) is 12.7. The first kappa shape index (κ1) is 25.2. The molecule has 0 aromatic heterocycles. The van der Waals surface area contributed by atoms with E-state index in [0.717, 1.165) is 12.1 Å². The number of ether oxygens (including phenoxy) is 2. The number of carbonyl (C=O) groups is 1. The molecule has 0 fully saturated rings. The molecule has 1 unspecified atom stereocenters. The molecule has 0 saturated carbocycles. The number of hydrogen-bond acceptors (Lipinski definition) is 5. The number of halogens is 3. The van der Waals surface area contributed by atoms with Crippen molar-refractivity contribution in [2.75, 3.05) is 29.4 Å². The molecular formula is C24H21Cl2FN2O5S. The Balaban J connectivity index is 1.71. The molecule has 1 amide bonds. The minimum Gasteiger partial charge on any atom is -0.484 e. The second-order valence-electron chi connectivity index (χ2n) is 7.62. The van der Waals surface area contributed by atoms with Gasteiger partial charge in [-0.05, 0) is 61.5 Å². The van der Waals surface area contributed by atoms with Crippen LogP contribution in [0.15, 0.2) is 65.6 Å². The van der Waals surface area contributed by atoms with Crippen molar-refractivity contribution in [1.29, 1.82) is 0 Å². The molecule has 0 radical (unpaired) electrons. The van der Waals surface area contributed by atoms with Crippen LogP contribution in [0, 0.1) is 5.82 Å². The van der Waals surface area contributed by atoms with Gasteiger partial charge in [0.05, 0.1) is 39.3 Å². The van der Waals surface area contributed by atoms with E-state index >= 15 is 0 Å². The summed E-state index contributed by atoms with van der Waals surface area (Å²) in [6.07, 6.45) is -0.569. The van der Waals surface area contributed by atoms with E-state index in [9.17, 15) is 17.6 Å². The van der Waals surface area contributed by atoms with Crippen LogP contribution in [0.3, 0.4) is 0 Å². The Bertz CT molecular complexity index is 1330. The van der Waals surface area contributed by atoms with Gasteiger partial charge in [-0.3, -0.25) is 9.10 Å². The first-order valence-corrected chi connectivity index (χ1v) is 12.8. The summed E-state index contributed by atoms with van der Waals surface area (Å²) in [7, 11) is -4.08. The smallest absolute Gasteiger partial charge is 0.264 e. The molecule has 3 aromatic carbocycles. The van der Waals surface area contributed by atoms with Crippen molar-refractivity contribution in [3.63, 3.8) is 0 Å². The van der Waals surface area contributed by atoms with Crippen molar-refractivity contribution in [3.05, 3.63) is 82.1 Å². The second kappa shape index (κ2) is 10.4. The summed E-state index contributed by atoms with van der Waals surface area (Å²) >= 11 is 12.3. The van der Waals surface area contributed by atoms with Crippen molar-refractivity contribution < 1.29 is 27.1 Å². The maximum atomic E-state index is 13.5. The monoisotopic (exact) mass is 538 g/mol. The lowest BCUT2D eigenvalue weighted by Gasteiger charge is -2.35. The van der Waals surface area contributed by atoms with Crippen LogP contribution < -0.4 is 14.4 Å². The molecule has 0 bridgehead atoms. The average molecular weight is 539 g/mol. The third kappa shape index (κ3) is 5.38. The fourth-order valence-corrected chi connectivity index (χ4v) is 5.66. The van der Waals surface area contributed by atoms with Crippen LogP contribution in [-0.2, 0) is 14.8 Å². The molecule has 1 N–H and O–H groups in total. The van der Waals surface area contributed by atoms with Crippen LogP contribution in [0.5, 0.6) is 5.75 Å². The highest BCUT2D eigenvalue weighted by Gasteiger charge is 2.35. The Morgan fingerprint density at radius 1 is 1.14 bits per heavy atom. The van der Waals surface area contributed by atoms with Gasteiger partial charge in [0.15, 0.2) is 0 Å². The second-order valence-corrected chi connectivity index (χ2v) is 10.3. The third-order valence-corrected chi connectivity index (χ3v) is 7.67. The molecule has 7 nitrogen and oxygen atoms in total. The molecule has 1 atom stereocenters. The van der Waals surface area contributed by atoms with Gasteiger partial charge >= 0.3 is 0 Å². The Morgan fingerprint density at radius 2 is 1.83 bits per heavy atom. The highest BCUT2D eigenvalue weighted by molar-refractivity contribution is 7.92. The summed E-state index contributed by atoms with van der Waals surface area (Å²) in [6.45, 7) is 2.40. The lowest BCUT2D eigenvalue weighted by Crippen LogP contribution is -2.45. The largest absolute Gasteiger partial charge is 0.484 e. The van der Waals surface area contributed by atoms with E-state index in [4.69, 9.17) is 32.7 Å². The number of benzene rings is 3. The van der Waals surface area contributed by atoms with Crippen LogP contribution in [-0.4, -0.2) is 40.2 Å². The first-order valence-electron chi connectivity index (χ1n) is 10.6. The number of anilines is 2.